The number of fused-ring (bicyclic) bond motifs is 3. The third-order valence-corrected chi connectivity index (χ3v) is 7.76. The number of para-hydroxylation sites is 1. The van der Waals surface area contributed by atoms with Gasteiger partial charge < -0.3 is 19.3 Å². The Morgan fingerprint density at radius 2 is 1.97 bits per heavy atom. The first kappa shape index (κ1) is 23.9. The third kappa shape index (κ3) is 4.58. The average Bonchev–Trinajstić information content (AvgIpc) is 2.77. The summed E-state index contributed by atoms with van der Waals surface area (Å²) in [7, 11) is 0. The van der Waals surface area contributed by atoms with Crippen LogP contribution in [0.25, 0.3) is 0 Å². The number of hydrogen-bond donors (Lipinski definition) is 1. The van der Waals surface area contributed by atoms with Gasteiger partial charge in [0.15, 0.2) is 0 Å². The number of carboxylic acids is 1. The molecule has 2 heterocycles. The summed E-state index contributed by atoms with van der Waals surface area (Å²) < 4.78 is 18.9. The lowest BCUT2D eigenvalue weighted by atomic mass is 9.71. The molecule has 6 heteroatoms. The normalized spacial score (nSPS) is 26.0. The molecule has 5 nitrogen and oxygen atoms in total. The molecule has 0 radical (unpaired) electrons. The average molecular weight is 473 g/mol. The van der Waals surface area contributed by atoms with Crippen molar-refractivity contribution in [2.75, 3.05) is 6.61 Å². The number of ether oxygens (including phenoxy) is 3. The van der Waals surface area contributed by atoms with Gasteiger partial charge in [0.2, 0.25) is 0 Å². The van der Waals surface area contributed by atoms with Crippen LogP contribution in [0.15, 0.2) is 42.5 Å². The quantitative estimate of drug-likeness (QED) is 0.525. The van der Waals surface area contributed by atoms with Gasteiger partial charge >= 0.3 is 5.97 Å². The molecule has 178 valence electrons. The van der Waals surface area contributed by atoms with E-state index in [0.717, 1.165) is 17.7 Å². The largest absolute Gasteiger partial charge is 0.489 e. The molecule has 1 saturated heterocycles. The van der Waals surface area contributed by atoms with Gasteiger partial charge in [0.25, 0.3) is 0 Å². The second-order valence-corrected chi connectivity index (χ2v) is 10.7. The molecule has 0 aliphatic carbocycles. The number of hydrogen-bond acceptors (Lipinski definition) is 4. The molecule has 1 fully saturated rings. The van der Waals surface area contributed by atoms with Gasteiger partial charge in [-0.1, -0.05) is 50.6 Å². The van der Waals surface area contributed by atoms with Crippen molar-refractivity contribution < 1.29 is 24.1 Å². The summed E-state index contributed by atoms with van der Waals surface area (Å²) >= 11 is 6.23. The fourth-order valence-electron chi connectivity index (χ4n) is 4.86. The minimum Gasteiger partial charge on any atom is -0.489 e. The maximum absolute atomic E-state index is 12.2. The smallest absolute Gasteiger partial charge is 0.309 e. The molecule has 0 saturated carbocycles. The number of benzene rings is 2. The molecular weight excluding hydrogens is 440 g/mol. The Morgan fingerprint density at radius 3 is 2.64 bits per heavy atom. The van der Waals surface area contributed by atoms with Crippen LogP contribution in [0.1, 0.15) is 64.7 Å². The zero-order valence-corrected chi connectivity index (χ0v) is 20.7. The highest BCUT2D eigenvalue weighted by molar-refractivity contribution is 6.32. The number of rotatable bonds is 6. The predicted molar refractivity (Wildman–Crippen MR) is 128 cm³/mol. The summed E-state index contributed by atoms with van der Waals surface area (Å²) in [6.45, 7) is 10.8. The highest BCUT2D eigenvalue weighted by Crippen LogP contribution is 2.52. The van der Waals surface area contributed by atoms with E-state index in [0.29, 0.717) is 17.2 Å². The molecule has 0 amide bonds. The van der Waals surface area contributed by atoms with E-state index < -0.39 is 23.6 Å². The van der Waals surface area contributed by atoms with Crippen LogP contribution >= 0.6 is 11.6 Å². The van der Waals surface area contributed by atoms with Crippen LogP contribution in [0, 0.1) is 11.8 Å². The zero-order valence-electron chi connectivity index (χ0n) is 19.9. The Labute approximate surface area is 201 Å². The van der Waals surface area contributed by atoms with Crippen LogP contribution in [0.5, 0.6) is 11.5 Å². The Bertz CT molecular complexity index is 1030. The van der Waals surface area contributed by atoms with E-state index >= 15 is 0 Å². The molecule has 0 bridgehead atoms. The second kappa shape index (κ2) is 8.84. The minimum absolute atomic E-state index is 0.0162. The van der Waals surface area contributed by atoms with Crippen LogP contribution in [0.4, 0.5) is 0 Å². The Morgan fingerprint density at radius 1 is 1.24 bits per heavy atom. The summed E-state index contributed by atoms with van der Waals surface area (Å²) in [5.74, 6) is -0.357. The monoisotopic (exact) mass is 472 g/mol. The Hall–Kier alpha value is -2.24. The van der Waals surface area contributed by atoms with E-state index in [-0.39, 0.29) is 24.0 Å². The topological polar surface area (TPSA) is 65.0 Å². The molecule has 4 rings (SSSR count). The van der Waals surface area contributed by atoms with Crippen molar-refractivity contribution in [3.8, 4) is 11.5 Å². The SMILES string of the molecule is CCC(C)(C)c1ccc2c(c1)[C@H]1O[C@@H](COc3ccccc3Cl)[C@@H](C(=O)O)C[C@@H]1C(C)(C)O2. The maximum atomic E-state index is 12.2. The van der Waals surface area contributed by atoms with Crippen LogP contribution < -0.4 is 9.47 Å². The first-order chi connectivity index (χ1) is 15.5. The van der Waals surface area contributed by atoms with E-state index in [1.54, 1.807) is 12.1 Å². The van der Waals surface area contributed by atoms with Crippen LogP contribution in [0.2, 0.25) is 5.02 Å². The van der Waals surface area contributed by atoms with Crippen LogP contribution in [-0.2, 0) is 14.9 Å². The van der Waals surface area contributed by atoms with E-state index in [2.05, 4.69) is 32.9 Å². The summed E-state index contributed by atoms with van der Waals surface area (Å²) in [4.78, 5) is 12.2. The van der Waals surface area contributed by atoms with Gasteiger partial charge in [0.1, 0.15) is 29.8 Å². The molecule has 4 atom stereocenters. The maximum Gasteiger partial charge on any atom is 0.309 e. The van der Waals surface area contributed by atoms with E-state index in [9.17, 15) is 9.90 Å². The van der Waals surface area contributed by atoms with E-state index in [1.165, 1.54) is 5.56 Å². The first-order valence-electron chi connectivity index (χ1n) is 11.6. The predicted octanol–water partition coefficient (Wildman–Crippen LogP) is 6.42. The number of carbonyl (C=O) groups is 1. The molecular formula is C27H33ClO5. The van der Waals surface area contributed by atoms with Gasteiger partial charge in [0, 0.05) is 11.5 Å². The number of carboxylic acid groups (broad SMARTS) is 1. The molecule has 0 aromatic heterocycles. The third-order valence-electron chi connectivity index (χ3n) is 7.45. The van der Waals surface area contributed by atoms with Crippen LogP contribution in [0.3, 0.4) is 0 Å². The summed E-state index contributed by atoms with van der Waals surface area (Å²) in [5.41, 5.74) is 1.67. The van der Waals surface area contributed by atoms with Crippen molar-refractivity contribution in [3.05, 3.63) is 58.6 Å². The van der Waals surface area contributed by atoms with Crippen molar-refractivity contribution in [1.29, 1.82) is 0 Å². The molecule has 0 spiro atoms. The molecule has 2 aliphatic rings. The van der Waals surface area contributed by atoms with Crippen LogP contribution in [-0.4, -0.2) is 29.4 Å². The number of aliphatic carboxylic acids is 1. The lowest BCUT2D eigenvalue weighted by Crippen LogP contribution is -2.53. The highest BCUT2D eigenvalue weighted by Gasteiger charge is 2.52. The van der Waals surface area contributed by atoms with Crippen molar-refractivity contribution in [3.63, 3.8) is 0 Å². The van der Waals surface area contributed by atoms with E-state index in [4.69, 9.17) is 25.8 Å². The van der Waals surface area contributed by atoms with Gasteiger partial charge in [-0.3, -0.25) is 4.79 Å². The molecule has 0 unspecified atom stereocenters. The highest BCUT2D eigenvalue weighted by atomic mass is 35.5. The van der Waals surface area contributed by atoms with Gasteiger partial charge in [-0.2, -0.15) is 0 Å². The van der Waals surface area contributed by atoms with Gasteiger partial charge in [-0.25, -0.2) is 0 Å². The lowest BCUT2D eigenvalue weighted by Gasteiger charge is -2.50. The molecule has 2 aromatic rings. The first-order valence-corrected chi connectivity index (χ1v) is 12.0. The fourth-order valence-corrected chi connectivity index (χ4v) is 5.05. The molecule has 2 aliphatic heterocycles. The number of halogens is 1. The minimum atomic E-state index is -0.885. The van der Waals surface area contributed by atoms with Crippen molar-refractivity contribution in [1.82, 2.24) is 0 Å². The van der Waals surface area contributed by atoms with Gasteiger partial charge in [-0.05, 0) is 61.9 Å². The summed E-state index contributed by atoms with van der Waals surface area (Å²) in [6, 6.07) is 13.5. The van der Waals surface area contributed by atoms with Crippen molar-refractivity contribution in [2.45, 2.75) is 70.7 Å². The van der Waals surface area contributed by atoms with Gasteiger partial charge in [0.05, 0.1) is 17.0 Å². The summed E-state index contributed by atoms with van der Waals surface area (Å²) in [6.07, 6.45) is 0.573. The lowest BCUT2D eigenvalue weighted by molar-refractivity contribution is -0.192. The Kier molecular flexibility index (Phi) is 6.41. The van der Waals surface area contributed by atoms with Crippen molar-refractivity contribution in [2.24, 2.45) is 11.8 Å². The van der Waals surface area contributed by atoms with Crippen molar-refractivity contribution >= 4 is 17.6 Å². The van der Waals surface area contributed by atoms with Gasteiger partial charge in [-0.15, -0.1) is 0 Å². The Balaban J connectivity index is 1.68. The molecule has 1 N–H and O–H groups in total. The summed E-state index contributed by atoms with van der Waals surface area (Å²) in [5, 5.41) is 10.5. The standard InChI is InChI=1S/C27H33ClO5/c1-6-26(2,3)16-11-12-21-17(13-16)24-19(27(4,5)33-21)14-18(25(29)30)23(32-24)15-31-22-10-8-7-9-20(22)28/h7-13,18-19,23-24H,6,14-15H2,1-5H3,(H,29,30)/t18-,19-,23-,24+/m0/s1. The second-order valence-electron chi connectivity index (χ2n) is 10.3. The molecule has 2 aromatic carbocycles. The van der Waals surface area contributed by atoms with E-state index in [1.807, 2.05) is 32.0 Å². The zero-order chi connectivity index (χ0) is 24.0. The fraction of sp³-hybridized carbons (Fsp3) is 0.519. The molecule has 33 heavy (non-hydrogen) atoms.